The van der Waals surface area contributed by atoms with Crippen LogP contribution in [0, 0.1) is 5.92 Å². The number of ether oxygens (including phenoxy) is 1. The maximum Gasteiger partial charge on any atom is 0.211 e. The SMILES string of the molecule is CC(C)COc1ccc(C=NN=C(N)N)cc1. The molecule has 0 aliphatic rings. The van der Waals surface area contributed by atoms with Crippen LogP contribution in [-0.4, -0.2) is 18.8 Å². The molecule has 0 bridgehead atoms. The average Bonchev–Trinajstić information content (AvgIpc) is 2.27. The minimum Gasteiger partial charge on any atom is -0.493 e. The van der Waals surface area contributed by atoms with Crippen molar-refractivity contribution >= 4 is 12.2 Å². The predicted octanol–water partition coefficient (Wildman–Crippen LogP) is 1.33. The zero-order valence-corrected chi connectivity index (χ0v) is 10.1. The van der Waals surface area contributed by atoms with E-state index in [1.165, 1.54) is 0 Å². The second kappa shape index (κ2) is 6.52. The van der Waals surface area contributed by atoms with Crippen LogP contribution in [0.2, 0.25) is 0 Å². The Kier molecular flexibility index (Phi) is 5.00. The molecule has 0 saturated heterocycles. The van der Waals surface area contributed by atoms with Crippen molar-refractivity contribution in [3.8, 4) is 5.75 Å². The Morgan fingerprint density at radius 2 is 1.94 bits per heavy atom. The topological polar surface area (TPSA) is 86.0 Å². The van der Waals surface area contributed by atoms with E-state index in [4.69, 9.17) is 16.2 Å². The van der Waals surface area contributed by atoms with Gasteiger partial charge in [0.2, 0.25) is 5.96 Å². The van der Waals surface area contributed by atoms with Gasteiger partial charge in [-0.25, -0.2) is 0 Å². The summed E-state index contributed by atoms with van der Waals surface area (Å²) in [5.74, 6) is 1.30. The van der Waals surface area contributed by atoms with Crippen molar-refractivity contribution < 1.29 is 4.74 Å². The molecule has 0 aliphatic heterocycles. The van der Waals surface area contributed by atoms with Crippen molar-refractivity contribution in [1.29, 1.82) is 0 Å². The lowest BCUT2D eigenvalue weighted by atomic mass is 10.2. The first kappa shape index (κ1) is 13.0. The van der Waals surface area contributed by atoms with Crippen LogP contribution in [0.1, 0.15) is 19.4 Å². The molecule has 4 N–H and O–H groups in total. The smallest absolute Gasteiger partial charge is 0.211 e. The molecule has 0 fully saturated rings. The summed E-state index contributed by atoms with van der Waals surface area (Å²) >= 11 is 0. The summed E-state index contributed by atoms with van der Waals surface area (Å²) in [5, 5.41) is 7.23. The largest absolute Gasteiger partial charge is 0.493 e. The normalized spacial score (nSPS) is 10.8. The van der Waals surface area contributed by atoms with Crippen LogP contribution in [0.15, 0.2) is 34.5 Å². The van der Waals surface area contributed by atoms with E-state index >= 15 is 0 Å². The van der Waals surface area contributed by atoms with Crippen molar-refractivity contribution in [3.05, 3.63) is 29.8 Å². The summed E-state index contributed by atoms with van der Waals surface area (Å²) in [6.07, 6.45) is 1.58. The lowest BCUT2D eigenvalue weighted by Crippen LogP contribution is -2.21. The van der Waals surface area contributed by atoms with E-state index in [1.54, 1.807) is 6.21 Å². The van der Waals surface area contributed by atoms with Crippen molar-refractivity contribution in [1.82, 2.24) is 0 Å². The quantitative estimate of drug-likeness (QED) is 0.458. The maximum atomic E-state index is 5.55. The molecule has 0 saturated carbocycles. The van der Waals surface area contributed by atoms with Crippen LogP contribution in [0.25, 0.3) is 0 Å². The third-order valence-electron chi connectivity index (χ3n) is 1.84. The van der Waals surface area contributed by atoms with Gasteiger partial charge in [-0.05, 0) is 35.7 Å². The standard InChI is InChI=1S/C12H18N4O/c1-9(2)8-17-11-5-3-10(4-6-11)7-15-16-12(13)14/h3-7,9H,8H2,1-2H3,(H4,13,14,16). The third-order valence-corrected chi connectivity index (χ3v) is 1.84. The van der Waals surface area contributed by atoms with Gasteiger partial charge < -0.3 is 16.2 Å². The summed E-state index contributed by atoms with van der Waals surface area (Å²) < 4.78 is 5.55. The number of hydrogen-bond acceptors (Lipinski definition) is 3. The number of guanidine groups is 1. The fourth-order valence-corrected chi connectivity index (χ4v) is 1.08. The molecule has 0 atom stereocenters. The Balaban J connectivity index is 2.56. The summed E-state index contributed by atoms with van der Waals surface area (Å²) in [4.78, 5) is 0. The average molecular weight is 234 g/mol. The molecular formula is C12H18N4O. The van der Waals surface area contributed by atoms with Gasteiger partial charge in [-0.2, -0.15) is 5.10 Å². The Labute approximate surface area is 101 Å². The van der Waals surface area contributed by atoms with E-state index in [1.807, 2.05) is 24.3 Å². The Hall–Kier alpha value is -2.04. The molecule has 0 spiro atoms. The molecule has 17 heavy (non-hydrogen) atoms. The first-order valence-corrected chi connectivity index (χ1v) is 5.42. The highest BCUT2D eigenvalue weighted by Gasteiger charge is 1.96. The molecule has 0 heterocycles. The van der Waals surface area contributed by atoms with Crippen LogP contribution in [0.4, 0.5) is 0 Å². The number of rotatable bonds is 5. The molecule has 0 amide bonds. The Bertz CT molecular complexity index is 391. The van der Waals surface area contributed by atoms with E-state index < -0.39 is 0 Å². The Morgan fingerprint density at radius 3 is 2.47 bits per heavy atom. The molecule has 0 aliphatic carbocycles. The highest BCUT2D eigenvalue weighted by Crippen LogP contribution is 2.12. The van der Waals surface area contributed by atoms with E-state index in [0.717, 1.165) is 11.3 Å². The van der Waals surface area contributed by atoms with Crippen LogP contribution in [0.3, 0.4) is 0 Å². The van der Waals surface area contributed by atoms with Gasteiger partial charge in [0, 0.05) is 0 Å². The summed E-state index contributed by atoms with van der Waals surface area (Å²) in [7, 11) is 0. The molecule has 0 radical (unpaired) electrons. The molecule has 1 aromatic rings. The van der Waals surface area contributed by atoms with Crippen molar-refractivity contribution in [2.75, 3.05) is 6.61 Å². The molecule has 0 unspecified atom stereocenters. The minimum atomic E-state index is -0.0573. The van der Waals surface area contributed by atoms with Gasteiger partial charge in [0.1, 0.15) is 5.75 Å². The zero-order valence-electron chi connectivity index (χ0n) is 10.1. The molecule has 0 aromatic heterocycles. The number of nitrogens with two attached hydrogens (primary N) is 2. The highest BCUT2D eigenvalue weighted by atomic mass is 16.5. The first-order valence-electron chi connectivity index (χ1n) is 5.42. The number of nitrogens with zero attached hydrogens (tertiary/aromatic N) is 2. The Morgan fingerprint density at radius 1 is 1.29 bits per heavy atom. The molecule has 92 valence electrons. The summed E-state index contributed by atoms with van der Waals surface area (Å²) in [5.41, 5.74) is 11.2. The summed E-state index contributed by atoms with van der Waals surface area (Å²) in [6.45, 7) is 4.92. The summed E-state index contributed by atoms with van der Waals surface area (Å²) in [6, 6.07) is 7.56. The van der Waals surface area contributed by atoms with Gasteiger partial charge in [0.05, 0.1) is 12.8 Å². The highest BCUT2D eigenvalue weighted by molar-refractivity contribution is 5.81. The van der Waals surface area contributed by atoms with Gasteiger partial charge in [-0.1, -0.05) is 13.8 Å². The van der Waals surface area contributed by atoms with Gasteiger partial charge in [0.15, 0.2) is 0 Å². The zero-order chi connectivity index (χ0) is 12.7. The van der Waals surface area contributed by atoms with Gasteiger partial charge >= 0.3 is 0 Å². The van der Waals surface area contributed by atoms with Crippen molar-refractivity contribution in [2.24, 2.45) is 27.6 Å². The molecule has 5 heteroatoms. The fraction of sp³-hybridized carbons (Fsp3) is 0.333. The van der Waals surface area contributed by atoms with Crippen LogP contribution < -0.4 is 16.2 Å². The molecule has 1 aromatic carbocycles. The lowest BCUT2D eigenvalue weighted by Gasteiger charge is -2.08. The van der Waals surface area contributed by atoms with Crippen LogP contribution in [-0.2, 0) is 0 Å². The lowest BCUT2D eigenvalue weighted by molar-refractivity contribution is 0.271. The van der Waals surface area contributed by atoms with Crippen molar-refractivity contribution in [3.63, 3.8) is 0 Å². The second-order valence-corrected chi connectivity index (χ2v) is 4.04. The number of benzene rings is 1. The van der Waals surface area contributed by atoms with E-state index in [0.29, 0.717) is 12.5 Å². The van der Waals surface area contributed by atoms with Gasteiger partial charge in [0.25, 0.3) is 0 Å². The minimum absolute atomic E-state index is 0.0573. The molecular weight excluding hydrogens is 216 g/mol. The van der Waals surface area contributed by atoms with E-state index in [2.05, 4.69) is 24.1 Å². The number of hydrogen-bond donors (Lipinski definition) is 2. The molecule has 1 rings (SSSR count). The third kappa shape index (κ3) is 5.55. The van der Waals surface area contributed by atoms with Crippen LogP contribution >= 0.6 is 0 Å². The second-order valence-electron chi connectivity index (χ2n) is 4.04. The van der Waals surface area contributed by atoms with E-state index in [9.17, 15) is 0 Å². The molecule has 5 nitrogen and oxygen atoms in total. The van der Waals surface area contributed by atoms with Gasteiger partial charge in [-0.3, -0.25) is 0 Å². The van der Waals surface area contributed by atoms with Crippen molar-refractivity contribution in [2.45, 2.75) is 13.8 Å². The van der Waals surface area contributed by atoms with Crippen LogP contribution in [0.5, 0.6) is 5.75 Å². The predicted molar refractivity (Wildman–Crippen MR) is 70.2 cm³/mol. The monoisotopic (exact) mass is 234 g/mol. The van der Waals surface area contributed by atoms with Gasteiger partial charge in [-0.15, -0.1) is 5.10 Å². The van der Waals surface area contributed by atoms with E-state index in [-0.39, 0.29) is 5.96 Å². The first-order chi connectivity index (χ1) is 8.08. The fourth-order valence-electron chi connectivity index (χ4n) is 1.08. The maximum absolute atomic E-state index is 5.55.